The molecule has 4 nitrogen and oxygen atoms in total. The molecular weight excluding hydrogens is 272 g/mol. The van der Waals surface area contributed by atoms with Crippen molar-refractivity contribution in [3.05, 3.63) is 35.9 Å². The van der Waals surface area contributed by atoms with Gasteiger partial charge in [0.2, 0.25) is 0 Å². The van der Waals surface area contributed by atoms with Crippen LogP contribution in [0.2, 0.25) is 0 Å². The summed E-state index contributed by atoms with van der Waals surface area (Å²) in [5.41, 5.74) is 1.24. The van der Waals surface area contributed by atoms with Crippen LogP contribution in [-0.2, 0) is 6.54 Å². The van der Waals surface area contributed by atoms with Gasteiger partial charge in [-0.25, -0.2) is 4.99 Å². The Morgan fingerprint density at radius 2 is 1.86 bits per heavy atom. The molecule has 122 valence electrons. The molecule has 1 aliphatic heterocycles. The Kier molecular flexibility index (Phi) is 7.23. The minimum absolute atomic E-state index is 0.614. The van der Waals surface area contributed by atoms with E-state index in [0.717, 1.165) is 25.6 Å². The van der Waals surface area contributed by atoms with Crippen LogP contribution in [0.15, 0.2) is 35.3 Å². The number of likely N-dealkylation sites (tertiary alicyclic amines) is 1. The van der Waals surface area contributed by atoms with Crippen molar-refractivity contribution in [3.63, 3.8) is 0 Å². The van der Waals surface area contributed by atoms with Gasteiger partial charge in [-0.15, -0.1) is 0 Å². The summed E-state index contributed by atoms with van der Waals surface area (Å²) >= 11 is 0. The van der Waals surface area contributed by atoms with Crippen molar-refractivity contribution < 1.29 is 0 Å². The van der Waals surface area contributed by atoms with Gasteiger partial charge in [0.15, 0.2) is 5.96 Å². The number of hydrogen-bond acceptors (Lipinski definition) is 2. The number of nitrogens with one attached hydrogen (secondary N) is 2. The topological polar surface area (TPSA) is 39.7 Å². The smallest absolute Gasteiger partial charge is 0.191 e. The third-order valence-electron chi connectivity index (χ3n) is 4.24. The van der Waals surface area contributed by atoms with Gasteiger partial charge in [-0.1, -0.05) is 37.3 Å². The van der Waals surface area contributed by atoms with E-state index in [9.17, 15) is 0 Å². The van der Waals surface area contributed by atoms with Crippen molar-refractivity contribution in [1.82, 2.24) is 15.5 Å². The summed E-state index contributed by atoms with van der Waals surface area (Å²) < 4.78 is 0. The zero-order chi connectivity index (χ0) is 15.6. The van der Waals surface area contributed by atoms with E-state index < -0.39 is 0 Å². The number of nitrogens with zero attached hydrogens (tertiary/aromatic N) is 2. The van der Waals surface area contributed by atoms with Crippen LogP contribution in [0.1, 0.15) is 38.7 Å². The van der Waals surface area contributed by atoms with Crippen LogP contribution in [0.25, 0.3) is 0 Å². The lowest BCUT2D eigenvalue weighted by atomic mass is 10.2. The molecule has 1 heterocycles. The zero-order valence-corrected chi connectivity index (χ0v) is 14.0. The van der Waals surface area contributed by atoms with Crippen LogP contribution >= 0.6 is 0 Å². The van der Waals surface area contributed by atoms with Crippen LogP contribution in [0, 0.1) is 0 Å². The first-order valence-corrected chi connectivity index (χ1v) is 8.63. The number of benzene rings is 1. The van der Waals surface area contributed by atoms with E-state index in [4.69, 9.17) is 4.99 Å². The van der Waals surface area contributed by atoms with E-state index in [1.165, 1.54) is 37.9 Å². The van der Waals surface area contributed by atoms with Crippen LogP contribution < -0.4 is 10.6 Å². The molecule has 1 unspecified atom stereocenters. The average Bonchev–Trinajstić information content (AvgIpc) is 3.08. The van der Waals surface area contributed by atoms with Crippen molar-refractivity contribution in [2.24, 2.45) is 4.99 Å². The van der Waals surface area contributed by atoms with Gasteiger partial charge in [-0.05, 0) is 44.8 Å². The maximum Gasteiger partial charge on any atom is 0.191 e. The minimum Gasteiger partial charge on any atom is -0.357 e. The third kappa shape index (κ3) is 5.34. The predicted molar refractivity (Wildman–Crippen MR) is 94.1 cm³/mol. The highest BCUT2D eigenvalue weighted by atomic mass is 15.2. The van der Waals surface area contributed by atoms with Gasteiger partial charge in [-0.3, -0.25) is 4.90 Å². The molecule has 1 aliphatic rings. The summed E-state index contributed by atoms with van der Waals surface area (Å²) in [6.45, 7) is 9.46. The Balaban J connectivity index is 1.87. The summed E-state index contributed by atoms with van der Waals surface area (Å²) in [4.78, 5) is 7.30. The number of hydrogen-bond donors (Lipinski definition) is 2. The van der Waals surface area contributed by atoms with Gasteiger partial charge >= 0.3 is 0 Å². The Labute approximate surface area is 135 Å². The summed E-state index contributed by atoms with van der Waals surface area (Å²) in [5.74, 6) is 0.920. The van der Waals surface area contributed by atoms with Gasteiger partial charge < -0.3 is 10.6 Å². The fourth-order valence-electron chi connectivity index (χ4n) is 2.95. The number of aliphatic imine (C=N–C) groups is 1. The van der Waals surface area contributed by atoms with Crippen LogP contribution in [0.4, 0.5) is 0 Å². The van der Waals surface area contributed by atoms with Crippen LogP contribution in [0.3, 0.4) is 0 Å². The molecule has 1 fully saturated rings. The Morgan fingerprint density at radius 3 is 2.50 bits per heavy atom. The maximum absolute atomic E-state index is 4.69. The van der Waals surface area contributed by atoms with E-state index in [2.05, 4.69) is 53.6 Å². The first-order valence-electron chi connectivity index (χ1n) is 8.63. The molecule has 0 spiro atoms. The normalized spacial score (nSPS) is 17.5. The molecule has 1 saturated heterocycles. The Hall–Kier alpha value is -1.55. The number of guanidine groups is 1. The molecule has 22 heavy (non-hydrogen) atoms. The van der Waals surface area contributed by atoms with E-state index in [1.807, 2.05) is 6.07 Å². The molecule has 2 rings (SSSR count). The lowest BCUT2D eigenvalue weighted by Gasteiger charge is -2.27. The van der Waals surface area contributed by atoms with Crippen molar-refractivity contribution in [1.29, 1.82) is 0 Å². The van der Waals surface area contributed by atoms with Crippen molar-refractivity contribution in [2.45, 2.75) is 45.7 Å². The molecule has 4 heteroatoms. The highest BCUT2D eigenvalue weighted by Gasteiger charge is 2.20. The van der Waals surface area contributed by atoms with Crippen LogP contribution in [-0.4, -0.2) is 43.1 Å². The second-order valence-electron chi connectivity index (χ2n) is 5.87. The highest BCUT2D eigenvalue weighted by Crippen LogP contribution is 2.13. The first-order chi connectivity index (χ1) is 10.8. The Bertz CT molecular complexity index is 438. The second kappa shape index (κ2) is 9.46. The number of rotatable bonds is 7. The highest BCUT2D eigenvalue weighted by molar-refractivity contribution is 5.79. The van der Waals surface area contributed by atoms with E-state index in [-0.39, 0.29) is 0 Å². The largest absolute Gasteiger partial charge is 0.357 e. The molecule has 0 aliphatic carbocycles. The molecule has 0 aromatic heterocycles. The Morgan fingerprint density at radius 1 is 1.14 bits per heavy atom. The average molecular weight is 302 g/mol. The van der Waals surface area contributed by atoms with Gasteiger partial charge in [-0.2, -0.15) is 0 Å². The van der Waals surface area contributed by atoms with Gasteiger partial charge in [0.25, 0.3) is 0 Å². The van der Waals surface area contributed by atoms with Gasteiger partial charge in [0.05, 0.1) is 6.54 Å². The molecule has 2 N–H and O–H groups in total. The predicted octanol–water partition coefficient (Wildman–Crippen LogP) is 2.62. The molecule has 0 radical (unpaired) electrons. The summed E-state index contributed by atoms with van der Waals surface area (Å²) in [7, 11) is 0. The van der Waals surface area contributed by atoms with Gasteiger partial charge in [0.1, 0.15) is 0 Å². The molecule has 1 aromatic carbocycles. The quantitative estimate of drug-likeness (QED) is 0.601. The fourth-order valence-corrected chi connectivity index (χ4v) is 2.95. The van der Waals surface area contributed by atoms with Crippen LogP contribution in [0.5, 0.6) is 0 Å². The molecule has 0 amide bonds. The molecule has 1 aromatic rings. The van der Waals surface area contributed by atoms with E-state index >= 15 is 0 Å². The molecule has 0 bridgehead atoms. The second-order valence-corrected chi connectivity index (χ2v) is 5.87. The first kappa shape index (κ1) is 16.8. The molecule has 1 atom stereocenters. The van der Waals surface area contributed by atoms with E-state index in [0.29, 0.717) is 6.04 Å². The lowest BCUT2D eigenvalue weighted by molar-refractivity contribution is 0.236. The lowest BCUT2D eigenvalue weighted by Crippen LogP contribution is -2.46. The standard InChI is InChI=1S/C18H30N4/c1-3-17(22-12-8-9-13-22)15-21-18(19-4-2)20-14-16-10-6-5-7-11-16/h5-7,10-11,17H,3-4,8-9,12-15H2,1-2H3,(H2,19,20,21). The van der Waals surface area contributed by atoms with E-state index in [1.54, 1.807) is 0 Å². The monoisotopic (exact) mass is 302 g/mol. The molecular formula is C18H30N4. The summed E-state index contributed by atoms with van der Waals surface area (Å²) in [6.07, 6.45) is 3.88. The maximum atomic E-state index is 4.69. The summed E-state index contributed by atoms with van der Waals surface area (Å²) in [6, 6.07) is 11.0. The fraction of sp³-hybridized carbons (Fsp3) is 0.611. The molecule has 0 saturated carbocycles. The zero-order valence-electron chi connectivity index (χ0n) is 14.0. The van der Waals surface area contributed by atoms with Crippen molar-refractivity contribution in [3.8, 4) is 0 Å². The third-order valence-corrected chi connectivity index (χ3v) is 4.24. The van der Waals surface area contributed by atoms with Crippen molar-refractivity contribution >= 4 is 5.96 Å². The van der Waals surface area contributed by atoms with Crippen molar-refractivity contribution in [2.75, 3.05) is 26.2 Å². The summed E-state index contributed by atoms with van der Waals surface area (Å²) in [5, 5.41) is 6.86. The minimum atomic E-state index is 0.614. The van der Waals surface area contributed by atoms with Gasteiger partial charge in [0, 0.05) is 19.1 Å². The SMILES string of the molecule is CCNC(=NCc1ccccc1)NCC(CC)N1CCCC1.